The first-order chi connectivity index (χ1) is 16.1. The van der Waals surface area contributed by atoms with Crippen molar-refractivity contribution in [1.29, 1.82) is 5.26 Å². The number of H-pyrrole nitrogens is 1. The van der Waals surface area contributed by atoms with Gasteiger partial charge in [0.05, 0.1) is 33.2 Å². The summed E-state index contributed by atoms with van der Waals surface area (Å²) in [5.41, 5.74) is -0.0556. The number of aromatic amines is 1. The molecule has 0 aliphatic heterocycles. The van der Waals surface area contributed by atoms with Gasteiger partial charge in [-0.3, -0.25) is 9.78 Å². The highest BCUT2D eigenvalue weighted by Crippen LogP contribution is 2.33. The lowest BCUT2D eigenvalue weighted by atomic mass is 10.0. The molecule has 1 aromatic carbocycles. The van der Waals surface area contributed by atoms with Crippen molar-refractivity contribution in [2.75, 3.05) is 0 Å². The van der Waals surface area contributed by atoms with E-state index in [1.165, 1.54) is 28.8 Å². The van der Waals surface area contributed by atoms with Crippen molar-refractivity contribution in [3.63, 3.8) is 0 Å². The van der Waals surface area contributed by atoms with Gasteiger partial charge in [0.1, 0.15) is 11.9 Å². The van der Waals surface area contributed by atoms with E-state index in [1.807, 2.05) is 33.8 Å². The van der Waals surface area contributed by atoms with E-state index >= 15 is 0 Å². The fraction of sp³-hybridized carbons (Fsp3) is 0.250. The van der Waals surface area contributed by atoms with E-state index < -0.39 is 17.1 Å². The molecule has 0 saturated heterocycles. The van der Waals surface area contributed by atoms with Gasteiger partial charge in [0.2, 0.25) is 5.82 Å². The number of nitrogens with one attached hydrogen (secondary N) is 1. The first kappa shape index (κ1) is 23.3. The highest BCUT2D eigenvalue weighted by atomic mass is 35.5. The van der Waals surface area contributed by atoms with Crippen molar-refractivity contribution in [2.24, 2.45) is 0 Å². The number of aromatic nitrogens is 5. The number of fused-ring (bicyclic) bond motifs is 1. The van der Waals surface area contributed by atoms with Crippen LogP contribution in [0.3, 0.4) is 0 Å². The quantitative estimate of drug-likeness (QED) is 0.463. The zero-order valence-corrected chi connectivity index (χ0v) is 19.6. The summed E-state index contributed by atoms with van der Waals surface area (Å²) in [6, 6.07) is 9.26. The fourth-order valence-corrected chi connectivity index (χ4v) is 4.01. The topological polar surface area (TPSA) is 117 Å². The Morgan fingerprint density at radius 2 is 1.68 bits per heavy atom. The molecule has 0 aliphatic carbocycles. The standard InChI is InChI=1S/C24H20ClFN6O2/c1-11(2)18-21(19(12(3)4)29-17(10-27)28-18)32-22-14(23(33)31-24(32)34)9-15(25)20(30-22)13-7-5-6-8-16(13)26/h5-9,11-12H,1-4H3,(H,31,33,34). The molecule has 0 bridgehead atoms. The van der Waals surface area contributed by atoms with Crippen LogP contribution in [0.2, 0.25) is 5.02 Å². The van der Waals surface area contributed by atoms with E-state index in [4.69, 9.17) is 11.6 Å². The van der Waals surface area contributed by atoms with Crippen molar-refractivity contribution in [3.8, 4) is 23.0 Å². The summed E-state index contributed by atoms with van der Waals surface area (Å²) in [6.45, 7) is 7.46. The van der Waals surface area contributed by atoms with Gasteiger partial charge < -0.3 is 0 Å². The molecular formula is C24H20ClFN6O2. The van der Waals surface area contributed by atoms with Crippen molar-refractivity contribution >= 4 is 22.6 Å². The van der Waals surface area contributed by atoms with Crippen molar-refractivity contribution in [3.05, 3.63) is 79.2 Å². The zero-order valence-electron chi connectivity index (χ0n) is 18.8. The van der Waals surface area contributed by atoms with Gasteiger partial charge >= 0.3 is 5.69 Å². The summed E-state index contributed by atoms with van der Waals surface area (Å²) in [5.74, 6) is -0.979. The van der Waals surface area contributed by atoms with Crippen LogP contribution >= 0.6 is 11.6 Å². The average Bonchev–Trinajstić information content (AvgIpc) is 2.79. The third-order valence-corrected chi connectivity index (χ3v) is 5.61. The molecule has 3 aromatic heterocycles. The lowest BCUT2D eigenvalue weighted by molar-refractivity contribution is 0.631. The molecule has 0 aliphatic rings. The molecule has 10 heteroatoms. The van der Waals surface area contributed by atoms with Gasteiger partial charge in [0, 0.05) is 5.56 Å². The molecule has 4 aromatic rings. The van der Waals surface area contributed by atoms with Crippen LogP contribution in [0.4, 0.5) is 4.39 Å². The number of hydrogen-bond donors (Lipinski definition) is 1. The summed E-state index contributed by atoms with van der Waals surface area (Å²) < 4.78 is 15.8. The van der Waals surface area contributed by atoms with Gasteiger partial charge in [-0.2, -0.15) is 5.26 Å². The Hall–Kier alpha value is -3.90. The third kappa shape index (κ3) is 3.86. The van der Waals surface area contributed by atoms with Crippen molar-refractivity contribution in [1.82, 2.24) is 24.5 Å². The number of rotatable bonds is 4. The van der Waals surface area contributed by atoms with Crippen LogP contribution in [0, 0.1) is 17.1 Å². The van der Waals surface area contributed by atoms with Gasteiger partial charge in [-0.1, -0.05) is 51.4 Å². The maximum absolute atomic E-state index is 14.6. The molecular weight excluding hydrogens is 459 g/mol. The predicted molar refractivity (Wildman–Crippen MR) is 127 cm³/mol. The number of hydrogen-bond acceptors (Lipinski definition) is 6. The van der Waals surface area contributed by atoms with Gasteiger partial charge in [-0.05, 0) is 30.0 Å². The smallest absolute Gasteiger partial charge is 0.273 e. The highest BCUT2D eigenvalue weighted by molar-refractivity contribution is 6.33. The Kier molecular flexibility index (Phi) is 6.02. The van der Waals surface area contributed by atoms with Crippen LogP contribution in [0.15, 0.2) is 39.9 Å². The SMILES string of the molecule is CC(C)c1nc(C#N)nc(C(C)C)c1-n1c(=O)[nH]c(=O)c2cc(Cl)c(-c3ccccc3F)nc21. The van der Waals surface area contributed by atoms with Crippen LogP contribution in [0.1, 0.15) is 56.7 Å². The second-order valence-electron chi connectivity index (χ2n) is 8.35. The first-order valence-electron chi connectivity index (χ1n) is 10.6. The average molecular weight is 479 g/mol. The van der Waals surface area contributed by atoms with Crippen LogP contribution in [0.25, 0.3) is 28.0 Å². The van der Waals surface area contributed by atoms with Crippen molar-refractivity contribution < 1.29 is 4.39 Å². The molecule has 0 radical (unpaired) electrons. The number of nitrogens with zero attached hydrogens (tertiary/aromatic N) is 5. The molecule has 0 amide bonds. The second kappa shape index (κ2) is 8.80. The van der Waals surface area contributed by atoms with Gasteiger partial charge in [-0.15, -0.1) is 0 Å². The van der Waals surface area contributed by atoms with E-state index in [9.17, 15) is 19.2 Å². The molecule has 34 heavy (non-hydrogen) atoms. The number of nitriles is 1. The fourth-order valence-electron chi connectivity index (χ4n) is 3.76. The normalized spacial score (nSPS) is 11.4. The zero-order chi connectivity index (χ0) is 24.7. The van der Waals surface area contributed by atoms with Crippen LogP contribution in [-0.2, 0) is 0 Å². The van der Waals surface area contributed by atoms with Crippen LogP contribution in [0.5, 0.6) is 0 Å². The molecule has 4 rings (SSSR count). The molecule has 0 unspecified atom stereocenters. The van der Waals surface area contributed by atoms with Gasteiger partial charge in [0.15, 0.2) is 5.65 Å². The van der Waals surface area contributed by atoms with Crippen LogP contribution < -0.4 is 11.2 Å². The molecule has 0 saturated carbocycles. The number of halogens is 2. The van der Waals surface area contributed by atoms with E-state index in [1.54, 1.807) is 6.07 Å². The summed E-state index contributed by atoms with van der Waals surface area (Å²) >= 11 is 6.39. The second-order valence-corrected chi connectivity index (χ2v) is 8.76. The van der Waals surface area contributed by atoms with E-state index in [2.05, 4.69) is 19.9 Å². The molecule has 0 fully saturated rings. The summed E-state index contributed by atoms with van der Waals surface area (Å²) in [4.78, 5) is 41.4. The molecule has 0 spiro atoms. The molecule has 172 valence electrons. The Labute approximate surface area is 198 Å². The van der Waals surface area contributed by atoms with Gasteiger partial charge in [0.25, 0.3) is 5.56 Å². The molecule has 1 N–H and O–H groups in total. The summed E-state index contributed by atoms with van der Waals surface area (Å²) in [6.07, 6.45) is 0. The Balaban J connectivity index is 2.22. The van der Waals surface area contributed by atoms with E-state index in [0.29, 0.717) is 17.1 Å². The third-order valence-electron chi connectivity index (χ3n) is 5.32. The van der Waals surface area contributed by atoms with Crippen LogP contribution in [-0.4, -0.2) is 24.5 Å². The van der Waals surface area contributed by atoms with E-state index in [-0.39, 0.29) is 45.0 Å². The largest absolute Gasteiger partial charge is 0.334 e. The highest BCUT2D eigenvalue weighted by Gasteiger charge is 2.25. The minimum absolute atomic E-state index is 0.0199. The van der Waals surface area contributed by atoms with E-state index in [0.717, 1.165) is 0 Å². The maximum atomic E-state index is 14.6. The predicted octanol–water partition coefficient (Wildman–Crippen LogP) is 4.44. The van der Waals surface area contributed by atoms with Crippen molar-refractivity contribution in [2.45, 2.75) is 39.5 Å². The number of pyridine rings is 1. The monoisotopic (exact) mass is 478 g/mol. The maximum Gasteiger partial charge on any atom is 0.334 e. The molecule has 8 nitrogen and oxygen atoms in total. The molecule has 3 heterocycles. The molecule has 0 atom stereocenters. The number of benzene rings is 1. The minimum Gasteiger partial charge on any atom is -0.273 e. The van der Waals surface area contributed by atoms with Gasteiger partial charge in [-0.25, -0.2) is 28.7 Å². The first-order valence-corrected chi connectivity index (χ1v) is 10.9. The Morgan fingerprint density at radius 3 is 2.24 bits per heavy atom. The lowest BCUT2D eigenvalue weighted by Crippen LogP contribution is -2.32. The Bertz CT molecular complexity index is 1570. The lowest BCUT2D eigenvalue weighted by Gasteiger charge is -2.20. The Morgan fingerprint density at radius 1 is 1.06 bits per heavy atom. The summed E-state index contributed by atoms with van der Waals surface area (Å²) in [7, 11) is 0. The summed E-state index contributed by atoms with van der Waals surface area (Å²) in [5, 5.41) is 9.53. The minimum atomic E-state index is -0.760.